The predicted octanol–water partition coefficient (Wildman–Crippen LogP) is -0.913. The molecule has 0 bridgehead atoms. The maximum absolute atomic E-state index is 9.82. The fourth-order valence-corrected chi connectivity index (χ4v) is 0.379. The van der Waals surface area contributed by atoms with Gasteiger partial charge in [-0.15, -0.1) is 0 Å². The van der Waals surface area contributed by atoms with Crippen molar-refractivity contribution in [2.45, 2.75) is 18.9 Å². The van der Waals surface area contributed by atoms with Crippen LogP contribution in [0, 0.1) is 11.3 Å². The van der Waals surface area contributed by atoms with Crippen LogP contribution in [0.25, 0.3) is 0 Å². The van der Waals surface area contributed by atoms with Crippen LogP contribution in [0.5, 0.6) is 0 Å². The molecule has 52 valence electrons. The van der Waals surface area contributed by atoms with Crippen molar-refractivity contribution in [2.75, 3.05) is 0 Å². The third-order valence-corrected chi connectivity index (χ3v) is 0.737. The zero-order valence-corrected chi connectivity index (χ0v) is 4.74. The van der Waals surface area contributed by atoms with Crippen LogP contribution in [0.3, 0.4) is 0 Å². The van der Waals surface area contributed by atoms with Crippen LogP contribution < -0.4 is 0 Å². The number of hydrogen-bond acceptors (Lipinski definition) is 3. The molecule has 0 aliphatic heterocycles. The molecule has 0 aliphatic carbocycles. The Kier molecular flexibility index (Phi) is 10.1. The molecule has 0 saturated heterocycles. The van der Waals surface area contributed by atoms with Gasteiger partial charge in [-0.2, -0.15) is 5.26 Å². The molecule has 0 amide bonds. The first-order valence-corrected chi connectivity index (χ1v) is 2.43. The van der Waals surface area contributed by atoms with Gasteiger partial charge in [0.05, 0.1) is 25.0 Å². The molecule has 0 aromatic heterocycles. The van der Waals surface area contributed by atoms with Crippen molar-refractivity contribution in [3.05, 3.63) is 0 Å². The number of aliphatic hydroxyl groups is 1. The summed E-state index contributed by atoms with van der Waals surface area (Å²) in [5.41, 5.74) is 0. The molecule has 0 aromatic rings. The number of aliphatic hydroxyl groups excluding tert-OH is 1. The molecular formula is C5H8KNO3. The minimum absolute atomic E-state index is 0. The molecule has 0 saturated carbocycles. The fraction of sp³-hybridized carbons (Fsp3) is 0.600. The minimum atomic E-state index is -1.09. The van der Waals surface area contributed by atoms with E-state index in [-0.39, 0.29) is 64.2 Å². The molecule has 0 spiro atoms. The number of nitriles is 1. The second-order valence-electron chi connectivity index (χ2n) is 1.61. The average Bonchev–Trinajstić information content (AvgIpc) is 1.63. The molecule has 0 radical (unpaired) electrons. The molecule has 0 heterocycles. The van der Waals surface area contributed by atoms with Crippen LogP contribution in [-0.4, -0.2) is 73.7 Å². The summed E-state index contributed by atoms with van der Waals surface area (Å²) in [5, 5.41) is 24.6. The number of aliphatic carboxylic acids is 1. The summed E-state index contributed by atoms with van der Waals surface area (Å²) < 4.78 is 0. The van der Waals surface area contributed by atoms with Crippen molar-refractivity contribution in [2.24, 2.45) is 0 Å². The SMILES string of the molecule is N#CCC(O)CC(=O)O.[KH]. The normalized spacial score (nSPS) is 10.8. The molecule has 2 N–H and O–H groups in total. The van der Waals surface area contributed by atoms with Crippen molar-refractivity contribution in [3.8, 4) is 6.07 Å². The first-order chi connectivity index (χ1) is 4.16. The Labute approximate surface area is 101 Å². The number of rotatable bonds is 3. The summed E-state index contributed by atoms with van der Waals surface area (Å²) >= 11 is 0. The van der Waals surface area contributed by atoms with E-state index in [0.29, 0.717) is 0 Å². The van der Waals surface area contributed by atoms with Crippen LogP contribution in [0.2, 0.25) is 0 Å². The van der Waals surface area contributed by atoms with Gasteiger partial charge in [0, 0.05) is 0 Å². The third-order valence-electron chi connectivity index (χ3n) is 0.737. The van der Waals surface area contributed by atoms with Crippen molar-refractivity contribution >= 4 is 57.4 Å². The third kappa shape index (κ3) is 8.56. The summed E-state index contributed by atoms with van der Waals surface area (Å²) in [7, 11) is 0. The van der Waals surface area contributed by atoms with Gasteiger partial charge >= 0.3 is 57.4 Å². The Morgan fingerprint density at radius 1 is 1.70 bits per heavy atom. The van der Waals surface area contributed by atoms with Crippen molar-refractivity contribution in [1.82, 2.24) is 0 Å². The first-order valence-electron chi connectivity index (χ1n) is 2.43. The van der Waals surface area contributed by atoms with Crippen LogP contribution >= 0.6 is 0 Å². The van der Waals surface area contributed by atoms with Gasteiger partial charge in [-0.05, 0) is 0 Å². The van der Waals surface area contributed by atoms with Gasteiger partial charge in [0.25, 0.3) is 0 Å². The van der Waals surface area contributed by atoms with Crippen molar-refractivity contribution in [1.29, 1.82) is 5.26 Å². The summed E-state index contributed by atoms with van der Waals surface area (Å²) in [4.78, 5) is 9.82. The molecule has 0 aliphatic rings. The van der Waals surface area contributed by atoms with Crippen LogP contribution in [0.4, 0.5) is 0 Å². The van der Waals surface area contributed by atoms with E-state index in [1.807, 2.05) is 0 Å². The van der Waals surface area contributed by atoms with Gasteiger partial charge in [0.2, 0.25) is 0 Å². The van der Waals surface area contributed by atoms with Crippen LogP contribution in [-0.2, 0) is 4.79 Å². The first kappa shape index (κ1) is 13.2. The van der Waals surface area contributed by atoms with Crippen molar-refractivity contribution in [3.63, 3.8) is 0 Å². The molecule has 0 rings (SSSR count). The molecule has 0 aromatic carbocycles. The number of carbonyl (C=O) groups is 1. The Morgan fingerprint density at radius 3 is 2.50 bits per heavy atom. The van der Waals surface area contributed by atoms with E-state index in [1.165, 1.54) is 0 Å². The van der Waals surface area contributed by atoms with Gasteiger partial charge in [-0.25, -0.2) is 0 Å². The van der Waals surface area contributed by atoms with Crippen LogP contribution in [0.1, 0.15) is 12.8 Å². The Bertz CT molecular complexity index is 142. The summed E-state index contributed by atoms with van der Waals surface area (Å²) in [5.74, 6) is -1.09. The summed E-state index contributed by atoms with van der Waals surface area (Å²) in [6.07, 6.45) is -1.49. The van der Waals surface area contributed by atoms with E-state index in [4.69, 9.17) is 15.5 Å². The molecule has 4 nitrogen and oxygen atoms in total. The van der Waals surface area contributed by atoms with Gasteiger partial charge in [0.1, 0.15) is 0 Å². The zero-order chi connectivity index (χ0) is 7.28. The van der Waals surface area contributed by atoms with Gasteiger partial charge in [-0.1, -0.05) is 0 Å². The predicted molar refractivity (Wildman–Crippen MR) is 35.6 cm³/mol. The van der Waals surface area contributed by atoms with E-state index >= 15 is 0 Å². The van der Waals surface area contributed by atoms with E-state index < -0.39 is 12.1 Å². The number of hydrogen-bond donors (Lipinski definition) is 2. The number of nitrogens with zero attached hydrogens (tertiary/aromatic N) is 1. The Morgan fingerprint density at radius 2 is 2.20 bits per heavy atom. The van der Waals surface area contributed by atoms with E-state index in [0.717, 1.165) is 0 Å². The van der Waals surface area contributed by atoms with Gasteiger partial charge < -0.3 is 10.2 Å². The van der Waals surface area contributed by atoms with Crippen LogP contribution in [0.15, 0.2) is 0 Å². The summed E-state index contributed by atoms with van der Waals surface area (Å²) in [6, 6.07) is 1.66. The monoisotopic (exact) mass is 169 g/mol. The summed E-state index contributed by atoms with van der Waals surface area (Å²) in [6.45, 7) is 0. The Balaban J connectivity index is 0. The second kappa shape index (κ2) is 7.66. The van der Waals surface area contributed by atoms with Gasteiger partial charge in [0.15, 0.2) is 0 Å². The topological polar surface area (TPSA) is 81.3 Å². The molecule has 5 heteroatoms. The number of carboxylic acid groups (broad SMARTS) is 1. The Hall–Kier alpha value is 0.556. The van der Waals surface area contributed by atoms with E-state index in [2.05, 4.69) is 0 Å². The fourth-order valence-electron chi connectivity index (χ4n) is 0.379. The maximum atomic E-state index is 9.82. The molecule has 0 fully saturated rings. The average molecular weight is 169 g/mol. The van der Waals surface area contributed by atoms with E-state index in [9.17, 15) is 4.79 Å². The molecule has 1 unspecified atom stereocenters. The number of carboxylic acids is 1. The standard InChI is InChI=1S/C5H7NO3.K.H/c6-2-1-4(7)3-5(8)9;;/h4,7H,1,3H2,(H,8,9);;. The second-order valence-corrected chi connectivity index (χ2v) is 1.61. The van der Waals surface area contributed by atoms with E-state index in [1.54, 1.807) is 6.07 Å². The molecule has 10 heavy (non-hydrogen) atoms. The van der Waals surface area contributed by atoms with Gasteiger partial charge in [-0.3, -0.25) is 4.79 Å². The molecular weight excluding hydrogens is 161 g/mol. The van der Waals surface area contributed by atoms with Crippen molar-refractivity contribution < 1.29 is 15.0 Å². The quantitative estimate of drug-likeness (QED) is 0.536. The molecule has 1 atom stereocenters. The zero-order valence-electron chi connectivity index (χ0n) is 4.74.